The van der Waals surface area contributed by atoms with E-state index in [2.05, 4.69) is 0 Å². The summed E-state index contributed by atoms with van der Waals surface area (Å²) in [4.78, 5) is 42.9. The van der Waals surface area contributed by atoms with Crippen molar-refractivity contribution in [1.82, 2.24) is 9.80 Å². The lowest BCUT2D eigenvalue weighted by Crippen LogP contribution is -2.57. The van der Waals surface area contributed by atoms with Crippen LogP contribution in [-0.4, -0.2) is 53.3 Å². The summed E-state index contributed by atoms with van der Waals surface area (Å²) >= 11 is 0. The van der Waals surface area contributed by atoms with Gasteiger partial charge < -0.3 is 4.90 Å². The highest BCUT2D eigenvalue weighted by Gasteiger charge is 2.57. The lowest BCUT2D eigenvalue weighted by molar-refractivity contribution is -0.137. The van der Waals surface area contributed by atoms with Crippen LogP contribution in [0, 0.1) is 6.92 Å². The van der Waals surface area contributed by atoms with E-state index in [1.165, 1.54) is 29.8 Å². The number of halogens is 3. The van der Waals surface area contributed by atoms with Gasteiger partial charge in [0.2, 0.25) is 0 Å². The Hall–Kier alpha value is -3.36. The third-order valence-corrected chi connectivity index (χ3v) is 6.15. The SMILES string of the molecule is Cc1cc(C(=O)N2CCC3(CC2)C(=O)N(C)C(=O)N3c2ccccc2)cc(C(F)(F)F)c1. The molecule has 32 heavy (non-hydrogen) atoms. The van der Waals surface area contributed by atoms with E-state index in [0.717, 1.165) is 17.0 Å². The third-order valence-electron chi connectivity index (χ3n) is 6.15. The second-order valence-electron chi connectivity index (χ2n) is 8.23. The molecule has 0 bridgehead atoms. The first-order valence-electron chi connectivity index (χ1n) is 10.2. The lowest BCUT2D eigenvalue weighted by atomic mass is 9.85. The predicted octanol–water partition coefficient (Wildman–Crippen LogP) is 4.09. The Labute approximate surface area is 183 Å². The summed E-state index contributed by atoms with van der Waals surface area (Å²) in [6, 6.07) is 11.7. The van der Waals surface area contributed by atoms with Gasteiger partial charge in [-0.3, -0.25) is 19.4 Å². The number of carbonyl (C=O) groups is 3. The number of anilines is 1. The fourth-order valence-corrected chi connectivity index (χ4v) is 4.53. The first kappa shape index (κ1) is 21.9. The number of hydrogen-bond acceptors (Lipinski definition) is 3. The number of amides is 4. The highest BCUT2D eigenvalue weighted by molar-refractivity contribution is 6.16. The minimum absolute atomic E-state index is 0.0425. The fraction of sp³-hybridized carbons (Fsp3) is 0.348. The van der Waals surface area contributed by atoms with E-state index in [0.29, 0.717) is 11.3 Å². The Balaban J connectivity index is 1.59. The van der Waals surface area contributed by atoms with Crippen molar-refractivity contribution >= 4 is 23.5 Å². The first-order valence-corrected chi connectivity index (χ1v) is 10.2. The van der Waals surface area contributed by atoms with Gasteiger partial charge in [0, 0.05) is 31.4 Å². The molecule has 2 aromatic carbocycles. The molecule has 9 heteroatoms. The Morgan fingerprint density at radius 1 is 1.00 bits per heavy atom. The molecule has 2 heterocycles. The van der Waals surface area contributed by atoms with Crippen molar-refractivity contribution < 1.29 is 27.6 Å². The van der Waals surface area contributed by atoms with Gasteiger partial charge in [-0.25, -0.2) is 4.79 Å². The number of carbonyl (C=O) groups excluding carboxylic acids is 3. The van der Waals surface area contributed by atoms with Gasteiger partial charge in [-0.05, 0) is 55.7 Å². The average molecular weight is 445 g/mol. The summed E-state index contributed by atoms with van der Waals surface area (Å²) < 4.78 is 39.5. The van der Waals surface area contributed by atoms with Gasteiger partial charge in [-0.15, -0.1) is 0 Å². The van der Waals surface area contributed by atoms with E-state index < -0.39 is 29.2 Å². The zero-order chi connectivity index (χ0) is 23.3. The molecule has 0 atom stereocenters. The topological polar surface area (TPSA) is 60.9 Å². The number of likely N-dealkylation sites (tertiary alicyclic amines) is 1. The summed E-state index contributed by atoms with van der Waals surface area (Å²) in [7, 11) is 1.43. The molecule has 2 aliphatic heterocycles. The van der Waals surface area contributed by atoms with Crippen LogP contribution in [0.25, 0.3) is 0 Å². The van der Waals surface area contributed by atoms with Crippen LogP contribution >= 0.6 is 0 Å². The Kier molecular flexibility index (Phi) is 5.22. The van der Waals surface area contributed by atoms with Crippen LogP contribution in [0.3, 0.4) is 0 Å². The molecule has 0 N–H and O–H groups in total. The molecule has 0 aromatic heterocycles. The molecule has 2 aromatic rings. The van der Waals surface area contributed by atoms with Gasteiger partial charge in [0.15, 0.2) is 0 Å². The second kappa shape index (κ2) is 7.65. The van der Waals surface area contributed by atoms with Gasteiger partial charge in [-0.2, -0.15) is 13.2 Å². The van der Waals surface area contributed by atoms with Crippen LogP contribution in [0.15, 0.2) is 48.5 Å². The maximum atomic E-state index is 13.2. The number of likely N-dealkylation sites (N-methyl/N-ethyl adjacent to an activating group) is 1. The molecular formula is C23H22F3N3O3. The molecule has 168 valence electrons. The van der Waals surface area contributed by atoms with Gasteiger partial charge in [-0.1, -0.05) is 18.2 Å². The van der Waals surface area contributed by atoms with Crippen molar-refractivity contribution in [2.24, 2.45) is 0 Å². The number of hydrogen-bond donors (Lipinski definition) is 0. The van der Waals surface area contributed by atoms with Crippen LogP contribution in [0.4, 0.5) is 23.7 Å². The quantitative estimate of drug-likeness (QED) is 0.655. The summed E-state index contributed by atoms with van der Waals surface area (Å²) in [6.07, 6.45) is -4.16. The number of para-hydroxylation sites is 1. The van der Waals surface area contributed by atoms with E-state index in [-0.39, 0.29) is 37.4 Å². The lowest BCUT2D eigenvalue weighted by Gasteiger charge is -2.42. The summed E-state index contributed by atoms with van der Waals surface area (Å²) in [5, 5.41) is 0. The Morgan fingerprint density at radius 2 is 1.62 bits per heavy atom. The standard InChI is InChI=1S/C23H22F3N3O3/c1-15-12-16(14-17(13-15)23(24,25)26)19(30)28-10-8-22(9-11-28)20(31)27(2)21(32)29(22)18-6-4-3-5-7-18/h3-7,12-14H,8-11H2,1-2H3. The highest BCUT2D eigenvalue weighted by atomic mass is 19.4. The number of benzene rings is 2. The molecule has 4 amide bonds. The van der Waals surface area contributed by atoms with Gasteiger partial charge in [0.05, 0.1) is 5.56 Å². The second-order valence-corrected chi connectivity index (χ2v) is 8.23. The maximum Gasteiger partial charge on any atom is 0.416 e. The molecular weight excluding hydrogens is 423 g/mol. The normalized spacial score (nSPS) is 18.6. The molecule has 0 unspecified atom stereocenters. The molecule has 6 nitrogen and oxygen atoms in total. The monoisotopic (exact) mass is 445 g/mol. The number of nitrogens with zero attached hydrogens (tertiary/aromatic N) is 3. The summed E-state index contributed by atoms with van der Waals surface area (Å²) in [6.45, 7) is 1.79. The molecule has 4 rings (SSSR count). The van der Waals surface area contributed by atoms with Crippen molar-refractivity contribution in [1.29, 1.82) is 0 Å². The van der Waals surface area contributed by atoms with Gasteiger partial charge >= 0.3 is 12.2 Å². The van der Waals surface area contributed by atoms with E-state index in [1.54, 1.807) is 30.3 Å². The minimum Gasteiger partial charge on any atom is -0.338 e. The molecule has 2 fully saturated rings. The van der Waals surface area contributed by atoms with E-state index >= 15 is 0 Å². The zero-order valence-corrected chi connectivity index (χ0v) is 17.6. The van der Waals surface area contributed by atoms with Crippen LogP contribution in [0.2, 0.25) is 0 Å². The number of urea groups is 1. The molecule has 0 saturated carbocycles. The van der Waals surface area contributed by atoms with Crippen LogP contribution in [0.5, 0.6) is 0 Å². The van der Waals surface area contributed by atoms with Gasteiger partial charge in [0.1, 0.15) is 5.54 Å². The Morgan fingerprint density at radius 3 is 2.22 bits per heavy atom. The molecule has 2 aliphatic rings. The van der Waals surface area contributed by atoms with Crippen molar-refractivity contribution in [3.63, 3.8) is 0 Å². The minimum atomic E-state index is -4.55. The third kappa shape index (κ3) is 3.51. The number of rotatable bonds is 2. The molecule has 2 saturated heterocycles. The maximum absolute atomic E-state index is 13.2. The fourth-order valence-electron chi connectivity index (χ4n) is 4.53. The first-order chi connectivity index (χ1) is 15.0. The number of imide groups is 1. The average Bonchev–Trinajstić information content (AvgIpc) is 2.94. The number of piperidine rings is 1. The Bertz CT molecular complexity index is 1080. The van der Waals surface area contributed by atoms with Crippen molar-refractivity contribution in [2.75, 3.05) is 25.0 Å². The van der Waals surface area contributed by atoms with Crippen molar-refractivity contribution in [3.05, 3.63) is 65.2 Å². The van der Waals surface area contributed by atoms with Crippen LogP contribution < -0.4 is 4.90 Å². The number of alkyl halides is 3. The predicted molar refractivity (Wildman–Crippen MR) is 111 cm³/mol. The van der Waals surface area contributed by atoms with E-state index in [4.69, 9.17) is 0 Å². The number of aryl methyl sites for hydroxylation is 1. The van der Waals surface area contributed by atoms with Gasteiger partial charge in [0.25, 0.3) is 11.8 Å². The molecule has 0 radical (unpaired) electrons. The molecule has 1 spiro atoms. The summed E-state index contributed by atoms with van der Waals surface area (Å²) in [5.74, 6) is -0.862. The van der Waals surface area contributed by atoms with Crippen LogP contribution in [-0.2, 0) is 11.0 Å². The molecule has 0 aliphatic carbocycles. The smallest absolute Gasteiger partial charge is 0.338 e. The van der Waals surface area contributed by atoms with E-state index in [9.17, 15) is 27.6 Å². The summed E-state index contributed by atoms with van der Waals surface area (Å²) in [5.41, 5.74) is -1.11. The van der Waals surface area contributed by atoms with Crippen LogP contribution in [0.1, 0.15) is 34.3 Å². The highest BCUT2D eigenvalue weighted by Crippen LogP contribution is 2.40. The largest absolute Gasteiger partial charge is 0.416 e. The van der Waals surface area contributed by atoms with Crippen molar-refractivity contribution in [3.8, 4) is 0 Å². The zero-order valence-electron chi connectivity index (χ0n) is 17.6. The van der Waals surface area contributed by atoms with E-state index in [1.807, 2.05) is 0 Å². The van der Waals surface area contributed by atoms with Crippen molar-refractivity contribution in [2.45, 2.75) is 31.5 Å².